The Morgan fingerprint density at radius 2 is 0.420 bits per heavy atom. The molecule has 12 aromatic rings. The smallest absolute Gasteiger partial charge is 0.171 e. The van der Waals surface area contributed by atoms with Crippen LogP contribution in [-0.2, 0) is 4.57 Å². The van der Waals surface area contributed by atoms with Gasteiger partial charge in [0.2, 0.25) is 0 Å². The first-order chi connectivity index (χ1) is 24.6. The van der Waals surface area contributed by atoms with E-state index in [9.17, 15) is 0 Å². The Bertz CT molecular complexity index is 2860. The predicted molar refractivity (Wildman–Crippen MR) is 217 cm³/mol. The first kappa shape index (κ1) is 26.9. The van der Waals surface area contributed by atoms with Crippen molar-refractivity contribution in [2.24, 2.45) is 0 Å². The normalized spacial score (nSPS) is 12.9. The molecule has 0 spiro atoms. The molecular formula is C48H27OP. The van der Waals surface area contributed by atoms with Crippen molar-refractivity contribution < 1.29 is 4.57 Å². The number of hydrogen-bond acceptors (Lipinski definition) is 1. The molecule has 12 rings (SSSR count). The summed E-state index contributed by atoms with van der Waals surface area (Å²) >= 11 is 0. The highest BCUT2D eigenvalue weighted by atomic mass is 31.2. The Hall–Kier alpha value is -6.01. The van der Waals surface area contributed by atoms with Crippen molar-refractivity contribution in [3.05, 3.63) is 164 Å². The standard InChI is InChI=1S/C48H27OP/c49-50(40-22-34-16-10-28-4-1-5-29-11-17-35(23-40)46(34)43(28)29,41-24-36-18-12-30-6-2-7-31-13-19-37(25-41)47(36)44(30)31)42-26-38-20-14-32-8-3-9-33-15-21-39(27-42)48(38)45(32)33/h1-27H. The molecule has 230 valence electrons. The van der Waals surface area contributed by atoms with Crippen molar-refractivity contribution in [3.8, 4) is 0 Å². The lowest BCUT2D eigenvalue weighted by Gasteiger charge is -2.24. The minimum absolute atomic E-state index is 0.865. The zero-order valence-electron chi connectivity index (χ0n) is 26.9. The summed E-state index contributed by atoms with van der Waals surface area (Å²) < 4.78 is 16.7. The van der Waals surface area contributed by atoms with E-state index in [2.05, 4.69) is 164 Å². The Balaban J connectivity index is 1.21. The molecule has 0 aliphatic heterocycles. The maximum Gasteiger partial charge on any atom is 0.171 e. The van der Waals surface area contributed by atoms with Gasteiger partial charge in [0, 0.05) is 15.9 Å². The molecule has 0 atom stereocenters. The van der Waals surface area contributed by atoms with Gasteiger partial charge in [-0.3, -0.25) is 0 Å². The van der Waals surface area contributed by atoms with Crippen molar-refractivity contribution in [3.63, 3.8) is 0 Å². The van der Waals surface area contributed by atoms with Gasteiger partial charge < -0.3 is 4.57 Å². The van der Waals surface area contributed by atoms with Gasteiger partial charge in [-0.2, -0.15) is 0 Å². The molecule has 0 heterocycles. The van der Waals surface area contributed by atoms with E-state index in [1.807, 2.05) is 0 Å². The van der Waals surface area contributed by atoms with E-state index < -0.39 is 7.14 Å². The average molecular weight is 651 g/mol. The van der Waals surface area contributed by atoms with E-state index in [4.69, 9.17) is 0 Å². The number of benzene rings is 12. The molecule has 0 bridgehead atoms. The lowest BCUT2D eigenvalue weighted by Crippen LogP contribution is -2.25. The van der Waals surface area contributed by atoms with Crippen molar-refractivity contribution in [2.75, 3.05) is 0 Å². The third kappa shape index (κ3) is 3.40. The van der Waals surface area contributed by atoms with Gasteiger partial charge in [-0.1, -0.05) is 127 Å². The van der Waals surface area contributed by atoms with Crippen LogP contribution in [0.1, 0.15) is 0 Å². The van der Waals surface area contributed by atoms with Gasteiger partial charge in [-0.05, 0) is 133 Å². The fourth-order valence-electron chi connectivity index (χ4n) is 9.20. The second-order valence-corrected chi connectivity index (χ2v) is 16.8. The second kappa shape index (κ2) is 9.36. The largest absolute Gasteiger partial charge is 0.309 e. The van der Waals surface area contributed by atoms with Gasteiger partial charge in [0.15, 0.2) is 7.14 Å². The molecule has 0 aliphatic rings. The summed E-state index contributed by atoms with van der Waals surface area (Å²) in [6.45, 7) is 0. The Morgan fingerprint density at radius 1 is 0.240 bits per heavy atom. The first-order valence-corrected chi connectivity index (χ1v) is 19.0. The summed E-state index contributed by atoms with van der Waals surface area (Å²) in [4.78, 5) is 0. The molecule has 0 unspecified atom stereocenters. The molecule has 0 amide bonds. The molecule has 0 aliphatic carbocycles. The number of rotatable bonds is 3. The maximum atomic E-state index is 16.7. The first-order valence-electron chi connectivity index (χ1n) is 17.3. The Morgan fingerprint density at radius 3 is 0.640 bits per heavy atom. The summed E-state index contributed by atoms with van der Waals surface area (Å²) in [5.41, 5.74) is 0. The highest BCUT2D eigenvalue weighted by molar-refractivity contribution is 7.85. The maximum absolute atomic E-state index is 16.7. The highest BCUT2D eigenvalue weighted by Crippen LogP contribution is 2.48. The van der Waals surface area contributed by atoms with Crippen LogP contribution in [-0.4, -0.2) is 0 Å². The van der Waals surface area contributed by atoms with Crippen LogP contribution in [0.2, 0.25) is 0 Å². The molecule has 12 aromatic carbocycles. The Kier molecular flexibility index (Phi) is 5.03. The monoisotopic (exact) mass is 650 g/mol. The zero-order chi connectivity index (χ0) is 32.7. The fourth-order valence-corrected chi connectivity index (χ4v) is 12.0. The topological polar surface area (TPSA) is 17.1 Å². The van der Waals surface area contributed by atoms with E-state index in [0.717, 1.165) is 48.2 Å². The van der Waals surface area contributed by atoms with Crippen LogP contribution >= 0.6 is 7.14 Å². The summed E-state index contributed by atoms with van der Waals surface area (Å²) in [5, 5.41) is 24.3. The molecular weight excluding hydrogens is 624 g/mol. The van der Waals surface area contributed by atoms with Crippen molar-refractivity contribution in [2.45, 2.75) is 0 Å². The summed E-state index contributed by atoms with van der Waals surface area (Å²) in [6.07, 6.45) is 0. The van der Waals surface area contributed by atoms with Crippen LogP contribution in [0.15, 0.2) is 164 Å². The number of hydrogen-bond donors (Lipinski definition) is 0. The van der Waals surface area contributed by atoms with E-state index in [0.29, 0.717) is 0 Å². The predicted octanol–water partition coefficient (Wildman–Crippen LogP) is 12.0. The third-order valence-corrected chi connectivity index (χ3v) is 14.4. The van der Waals surface area contributed by atoms with Crippen LogP contribution in [0.4, 0.5) is 0 Å². The lowest BCUT2D eigenvalue weighted by atomic mass is 9.94. The van der Waals surface area contributed by atoms with Gasteiger partial charge >= 0.3 is 0 Å². The van der Waals surface area contributed by atoms with Gasteiger partial charge in [0.25, 0.3) is 0 Å². The van der Waals surface area contributed by atoms with Gasteiger partial charge in [0.1, 0.15) is 0 Å². The summed E-state index contributed by atoms with van der Waals surface area (Å²) in [5.74, 6) is 0. The van der Waals surface area contributed by atoms with E-state index >= 15 is 4.57 Å². The highest BCUT2D eigenvalue weighted by Gasteiger charge is 2.33. The minimum atomic E-state index is -3.43. The van der Waals surface area contributed by atoms with Gasteiger partial charge in [-0.25, -0.2) is 0 Å². The van der Waals surface area contributed by atoms with E-state index in [1.54, 1.807) is 0 Å². The SMILES string of the molecule is O=P(c1cc2ccc3cccc4ccc(c1)c2c34)(c1cc2ccc3cccc4ccc(c1)c2c34)c1cc2ccc3cccc4ccc(c1)c2c34. The lowest BCUT2D eigenvalue weighted by molar-refractivity contribution is 0.592. The van der Waals surface area contributed by atoms with Crippen LogP contribution < -0.4 is 15.9 Å². The van der Waals surface area contributed by atoms with Gasteiger partial charge in [0.05, 0.1) is 0 Å². The van der Waals surface area contributed by atoms with Gasteiger partial charge in [-0.15, -0.1) is 0 Å². The van der Waals surface area contributed by atoms with Crippen molar-refractivity contribution >= 4 is 120 Å². The molecule has 0 saturated heterocycles. The fraction of sp³-hybridized carbons (Fsp3) is 0. The quantitative estimate of drug-likeness (QED) is 0.137. The van der Waals surface area contributed by atoms with Crippen molar-refractivity contribution in [1.29, 1.82) is 0 Å². The average Bonchev–Trinajstić information content (AvgIpc) is 3.17. The van der Waals surface area contributed by atoms with E-state index in [-0.39, 0.29) is 0 Å². The third-order valence-electron chi connectivity index (χ3n) is 11.4. The van der Waals surface area contributed by atoms with Crippen LogP contribution in [0.25, 0.3) is 97.0 Å². The molecule has 1 nitrogen and oxygen atoms in total. The summed E-state index contributed by atoms with van der Waals surface area (Å²) in [6, 6.07) is 59.3. The molecule has 0 fully saturated rings. The van der Waals surface area contributed by atoms with Crippen LogP contribution in [0.3, 0.4) is 0 Å². The Labute approximate surface area is 287 Å². The van der Waals surface area contributed by atoms with Crippen molar-refractivity contribution in [1.82, 2.24) is 0 Å². The molecule has 0 aromatic heterocycles. The second-order valence-electron chi connectivity index (χ2n) is 14.0. The molecule has 0 radical (unpaired) electrons. The van der Waals surface area contributed by atoms with Crippen LogP contribution in [0.5, 0.6) is 0 Å². The molecule has 0 N–H and O–H groups in total. The minimum Gasteiger partial charge on any atom is -0.309 e. The van der Waals surface area contributed by atoms with E-state index in [1.165, 1.54) is 64.6 Å². The summed E-state index contributed by atoms with van der Waals surface area (Å²) in [7, 11) is -3.43. The molecule has 50 heavy (non-hydrogen) atoms. The van der Waals surface area contributed by atoms with Crippen LogP contribution in [0, 0.1) is 0 Å². The molecule has 0 saturated carbocycles. The zero-order valence-corrected chi connectivity index (χ0v) is 27.8. The molecule has 2 heteroatoms.